The van der Waals surface area contributed by atoms with Gasteiger partial charge in [-0.05, 0) is 54.9 Å². The molecule has 1 aliphatic rings. The van der Waals surface area contributed by atoms with Crippen LogP contribution < -0.4 is 5.32 Å². The van der Waals surface area contributed by atoms with Crippen molar-refractivity contribution in [3.05, 3.63) is 87.5 Å². The highest BCUT2D eigenvalue weighted by Crippen LogP contribution is 2.37. The largest absolute Gasteiger partial charge is 0.434 e. The molecule has 0 saturated heterocycles. The van der Waals surface area contributed by atoms with Crippen LogP contribution in [0.5, 0.6) is 0 Å². The maximum atomic E-state index is 13.4. The number of aliphatic hydroxyl groups is 1. The molecule has 2 aromatic heterocycles. The Kier molecular flexibility index (Phi) is 6.83. The molecule has 0 bridgehead atoms. The number of nitrogens with zero attached hydrogens (tertiary/aromatic N) is 5. The number of hydrogen-bond donors (Lipinski definition) is 2. The number of carbonyl (C=O) groups excluding carboxylic acids is 1. The summed E-state index contributed by atoms with van der Waals surface area (Å²) in [5, 5.41) is 23.0. The second-order valence-corrected chi connectivity index (χ2v) is 10.7. The van der Waals surface area contributed by atoms with Gasteiger partial charge in [-0.3, -0.25) is 4.79 Å². The molecule has 0 spiro atoms. The third kappa shape index (κ3) is 4.66. The summed E-state index contributed by atoms with van der Waals surface area (Å²) < 4.78 is 7.88. The number of carbonyl (C=O) groups is 1. The van der Waals surface area contributed by atoms with Crippen LogP contribution in [0.15, 0.2) is 52.9 Å². The number of nitriles is 1. The van der Waals surface area contributed by atoms with Crippen LogP contribution in [0.4, 0.5) is 5.69 Å². The normalized spacial score (nSPS) is 13.3. The van der Waals surface area contributed by atoms with Crippen molar-refractivity contribution in [1.29, 1.82) is 5.26 Å². The lowest BCUT2D eigenvalue weighted by atomic mass is 9.92. The fourth-order valence-electron chi connectivity index (χ4n) is 5.45. The van der Waals surface area contributed by atoms with Gasteiger partial charge in [-0.2, -0.15) is 5.26 Å². The molecule has 0 radical (unpaired) electrons. The first-order valence-corrected chi connectivity index (χ1v) is 13.5. The zero-order chi connectivity index (χ0) is 28.8. The summed E-state index contributed by atoms with van der Waals surface area (Å²) in [5.74, 6) is 0.328. The quantitative estimate of drug-likeness (QED) is 0.290. The molecule has 0 aliphatic carbocycles. The minimum atomic E-state index is -0.366. The van der Waals surface area contributed by atoms with Gasteiger partial charge in [0, 0.05) is 43.4 Å². The van der Waals surface area contributed by atoms with Crippen molar-refractivity contribution >= 4 is 34.3 Å². The molecule has 0 atom stereocenters. The Hall–Kier alpha value is -4.49. The van der Waals surface area contributed by atoms with E-state index in [1.807, 2.05) is 55.9 Å². The molecule has 3 heterocycles. The van der Waals surface area contributed by atoms with Gasteiger partial charge in [-0.1, -0.05) is 35.9 Å². The van der Waals surface area contributed by atoms with Gasteiger partial charge in [0.1, 0.15) is 11.6 Å². The first kappa shape index (κ1) is 26.7. The minimum absolute atomic E-state index is 0.157. The van der Waals surface area contributed by atoms with E-state index in [-0.39, 0.29) is 12.5 Å². The van der Waals surface area contributed by atoms with E-state index in [1.165, 1.54) is 0 Å². The second kappa shape index (κ2) is 10.5. The Morgan fingerprint density at radius 3 is 2.68 bits per heavy atom. The molecule has 5 aromatic rings. The Balaban J connectivity index is 1.37. The van der Waals surface area contributed by atoms with Gasteiger partial charge in [-0.25, -0.2) is 9.97 Å². The van der Waals surface area contributed by atoms with Crippen LogP contribution in [0, 0.1) is 18.3 Å². The summed E-state index contributed by atoms with van der Waals surface area (Å²) >= 11 is 6.37. The molecule has 0 saturated carbocycles. The van der Waals surface area contributed by atoms with Crippen molar-refractivity contribution in [3.8, 4) is 28.7 Å². The van der Waals surface area contributed by atoms with Gasteiger partial charge in [-0.15, -0.1) is 0 Å². The number of oxazole rings is 1. The van der Waals surface area contributed by atoms with Crippen LogP contribution in [-0.2, 0) is 26.6 Å². The standard InChI is InChI=1S/C31H27ClN6O3/c1-17-19(6-4-7-20(17)31-36-25-13-18(16-39)12-23(32)28(25)41-31)21-8-5-9-24(22(21)14-33)35-30(40)29-34-26-15-37(2)11-10-27(26)38(29)3/h4-9,12-13,39H,10-11,15-16H2,1-3H3,(H,35,40). The molecular formula is C31H27ClN6O3. The minimum Gasteiger partial charge on any atom is -0.434 e. The van der Waals surface area contributed by atoms with Gasteiger partial charge >= 0.3 is 0 Å². The van der Waals surface area contributed by atoms with Crippen LogP contribution in [0.1, 0.15) is 38.7 Å². The van der Waals surface area contributed by atoms with Gasteiger partial charge < -0.3 is 24.3 Å². The highest BCUT2D eigenvalue weighted by atomic mass is 35.5. The molecule has 6 rings (SSSR count). The lowest BCUT2D eigenvalue weighted by Gasteiger charge is -2.21. The second-order valence-electron chi connectivity index (χ2n) is 10.3. The predicted molar refractivity (Wildman–Crippen MR) is 156 cm³/mol. The zero-order valence-electron chi connectivity index (χ0n) is 22.8. The average Bonchev–Trinajstić information content (AvgIpc) is 3.54. The summed E-state index contributed by atoms with van der Waals surface area (Å²) in [6, 6.07) is 16.7. The summed E-state index contributed by atoms with van der Waals surface area (Å²) in [4.78, 5) is 24.8. The molecule has 0 unspecified atom stereocenters. The van der Waals surface area contributed by atoms with Gasteiger partial charge in [0.05, 0.1) is 28.6 Å². The number of anilines is 1. The molecule has 41 heavy (non-hydrogen) atoms. The topological polar surface area (TPSA) is 120 Å². The van der Waals surface area contributed by atoms with Crippen LogP contribution in [0.25, 0.3) is 33.7 Å². The fraction of sp³-hybridized carbons (Fsp3) is 0.226. The number of amides is 1. The first-order chi connectivity index (χ1) is 19.8. The van der Waals surface area contributed by atoms with Gasteiger partial charge in [0.25, 0.3) is 5.91 Å². The number of aliphatic hydroxyl groups excluding tert-OH is 1. The third-order valence-corrected chi connectivity index (χ3v) is 7.90. The van der Waals surface area contributed by atoms with E-state index in [0.29, 0.717) is 56.8 Å². The molecule has 206 valence electrons. The van der Waals surface area contributed by atoms with Crippen LogP contribution in [-0.4, -0.2) is 44.0 Å². The molecule has 0 fully saturated rings. The number of imidazole rings is 1. The Morgan fingerprint density at radius 2 is 1.90 bits per heavy atom. The zero-order valence-corrected chi connectivity index (χ0v) is 23.6. The molecular weight excluding hydrogens is 540 g/mol. The van der Waals surface area contributed by atoms with E-state index >= 15 is 0 Å². The number of nitrogens with one attached hydrogen (secondary N) is 1. The highest BCUT2D eigenvalue weighted by Gasteiger charge is 2.25. The molecule has 3 aromatic carbocycles. The number of aromatic nitrogens is 3. The maximum absolute atomic E-state index is 13.4. The molecule has 2 N–H and O–H groups in total. The summed E-state index contributed by atoms with van der Waals surface area (Å²) in [6.07, 6.45) is 0.825. The maximum Gasteiger partial charge on any atom is 0.291 e. The van der Waals surface area contributed by atoms with Gasteiger partial charge in [0.15, 0.2) is 11.4 Å². The Bertz CT molecular complexity index is 1880. The van der Waals surface area contributed by atoms with Crippen LogP contribution in [0.2, 0.25) is 5.02 Å². The van der Waals surface area contributed by atoms with Crippen molar-refractivity contribution in [1.82, 2.24) is 19.4 Å². The molecule has 1 amide bonds. The van der Waals surface area contributed by atoms with Crippen molar-refractivity contribution in [2.75, 3.05) is 18.9 Å². The summed E-state index contributed by atoms with van der Waals surface area (Å²) in [6.45, 7) is 3.38. The number of benzene rings is 3. The summed E-state index contributed by atoms with van der Waals surface area (Å²) in [5.41, 5.74) is 7.39. The average molecular weight is 567 g/mol. The smallest absolute Gasteiger partial charge is 0.291 e. The van der Waals surface area contributed by atoms with E-state index in [1.54, 1.807) is 18.2 Å². The molecule has 10 heteroatoms. The first-order valence-electron chi connectivity index (χ1n) is 13.2. The van der Waals surface area contributed by atoms with E-state index in [2.05, 4.69) is 26.3 Å². The van der Waals surface area contributed by atoms with E-state index < -0.39 is 0 Å². The van der Waals surface area contributed by atoms with E-state index in [4.69, 9.17) is 16.0 Å². The summed E-state index contributed by atoms with van der Waals surface area (Å²) in [7, 11) is 3.89. The number of fused-ring (bicyclic) bond motifs is 2. The monoisotopic (exact) mass is 566 g/mol. The van der Waals surface area contributed by atoms with Crippen LogP contribution in [0.3, 0.4) is 0 Å². The van der Waals surface area contributed by atoms with E-state index in [9.17, 15) is 15.2 Å². The lowest BCUT2D eigenvalue weighted by Crippen LogP contribution is -2.27. The highest BCUT2D eigenvalue weighted by molar-refractivity contribution is 6.34. The van der Waals surface area contributed by atoms with Crippen LogP contribution >= 0.6 is 11.6 Å². The fourth-order valence-corrected chi connectivity index (χ4v) is 5.73. The molecule has 9 nitrogen and oxygen atoms in total. The number of rotatable bonds is 5. The van der Waals surface area contributed by atoms with Gasteiger partial charge in [0.2, 0.25) is 5.89 Å². The molecule has 1 aliphatic heterocycles. The Labute approximate surface area is 241 Å². The number of hydrogen-bond acceptors (Lipinski definition) is 7. The van der Waals surface area contributed by atoms with E-state index in [0.717, 1.165) is 41.0 Å². The van der Waals surface area contributed by atoms with Crippen molar-refractivity contribution in [3.63, 3.8) is 0 Å². The number of likely N-dealkylation sites (N-methyl/N-ethyl adjacent to an activating group) is 1. The lowest BCUT2D eigenvalue weighted by molar-refractivity contribution is 0.101. The Morgan fingerprint density at radius 1 is 1.15 bits per heavy atom. The third-order valence-electron chi connectivity index (χ3n) is 7.62. The number of halogens is 1. The predicted octanol–water partition coefficient (Wildman–Crippen LogP) is 5.46. The van der Waals surface area contributed by atoms with Crippen molar-refractivity contribution in [2.24, 2.45) is 7.05 Å². The van der Waals surface area contributed by atoms with Crippen molar-refractivity contribution in [2.45, 2.75) is 26.5 Å². The SMILES string of the molecule is Cc1c(-c2nc3cc(CO)cc(Cl)c3o2)cccc1-c1cccc(NC(=O)c2nc3c(n2C)CCN(C)C3)c1C#N. The van der Waals surface area contributed by atoms with Crippen molar-refractivity contribution < 1.29 is 14.3 Å².